The van der Waals surface area contributed by atoms with Crippen LogP contribution in [0.25, 0.3) is 0 Å². The Morgan fingerprint density at radius 3 is 2.73 bits per heavy atom. The molecule has 1 amide bonds. The standard InChI is InChI=1S/C17H17F3N4O2/c1-22-17(21)26-7-6-10-8-12(3-4-13(10)18)24-16(25)14-5-2-11(9-23-14)15(19)20/h2-5,8-9,15H,6-7H2,1H3,(H2,21,22)(H,24,25). The van der Waals surface area contributed by atoms with Gasteiger partial charge in [-0.2, -0.15) is 0 Å². The molecule has 0 unspecified atom stereocenters. The maximum absolute atomic E-state index is 13.8. The van der Waals surface area contributed by atoms with Gasteiger partial charge in [-0.05, 0) is 35.9 Å². The fourth-order valence-corrected chi connectivity index (χ4v) is 2.04. The van der Waals surface area contributed by atoms with E-state index in [1.807, 2.05) is 0 Å². The Hall–Kier alpha value is -3.10. The molecule has 9 heteroatoms. The lowest BCUT2D eigenvalue weighted by atomic mass is 10.1. The molecule has 0 bridgehead atoms. The van der Waals surface area contributed by atoms with Gasteiger partial charge in [0.15, 0.2) is 0 Å². The Morgan fingerprint density at radius 1 is 1.35 bits per heavy atom. The first-order valence-corrected chi connectivity index (χ1v) is 7.59. The summed E-state index contributed by atoms with van der Waals surface area (Å²) in [6.45, 7) is 0.119. The molecule has 1 aromatic heterocycles. The molecule has 0 radical (unpaired) electrons. The minimum atomic E-state index is -2.66. The number of anilines is 1. The summed E-state index contributed by atoms with van der Waals surface area (Å²) in [7, 11) is 1.47. The van der Waals surface area contributed by atoms with Crippen molar-refractivity contribution in [1.29, 1.82) is 0 Å². The molecule has 0 aliphatic carbocycles. The summed E-state index contributed by atoms with van der Waals surface area (Å²) < 4.78 is 43.9. The van der Waals surface area contributed by atoms with Crippen molar-refractivity contribution in [2.75, 3.05) is 19.0 Å². The van der Waals surface area contributed by atoms with E-state index in [1.165, 1.54) is 31.3 Å². The predicted octanol–water partition coefficient (Wildman–Crippen LogP) is 2.91. The van der Waals surface area contributed by atoms with Gasteiger partial charge in [0.1, 0.15) is 11.5 Å². The quantitative estimate of drug-likeness (QED) is 0.608. The molecule has 6 nitrogen and oxygen atoms in total. The number of halogens is 3. The molecule has 0 saturated carbocycles. The molecule has 0 fully saturated rings. The third-order valence-electron chi connectivity index (χ3n) is 3.42. The van der Waals surface area contributed by atoms with Crippen LogP contribution in [0, 0.1) is 5.82 Å². The number of aromatic nitrogens is 1. The van der Waals surface area contributed by atoms with Crippen LogP contribution >= 0.6 is 0 Å². The largest absolute Gasteiger partial charge is 0.465 e. The lowest BCUT2D eigenvalue weighted by molar-refractivity contribution is 0.102. The molecule has 0 atom stereocenters. The fourth-order valence-electron chi connectivity index (χ4n) is 2.04. The molecule has 0 spiro atoms. The van der Waals surface area contributed by atoms with Crippen LogP contribution < -0.4 is 11.1 Å². The number of aliphatic imine (C=N–C) groups is 1. The van der Waals surface area contributed by atoms with E-state index in [0.29, 0.717) is 11.3 Å². The molecule has 26 heavy (non-hydrogen) atoms. The van der Waals surface area contributed by atoms with Gasteiger partial charge in [-0.3, -0.25) is 9.78 Å². The highest BCUT2D eigenvalue weighted by Gasteiger charge is 2.12. The highest BCUT2D eigenvalue weighted by Crippen LogP contribution is 2.19. The molecule has 0 aliphatic rings. The van der Waals surface area contributed by atoms with E-state index >= 15 is 0 Å². The van der Waals surface area contributed by atoms with Crippen molar-refractivity contribution >= 4 is 17.6 Å². The van der Waals surface area contributed by atoms with E-state index in [-0.39, 0.29) is 30.3 Å². The van der Waals surface area contributed by atoms with Gasteiger partial charge in [0.25, 0.3) is 18.4 Å². The Labute approximate surface area is 147 Å². The first kappa shape index (κ1) is 19.2. The number of hydrogen-bond donors (Lipinski definition) is 2. The van der Waals surface area contributed by atoms with Crippen LogP contribution in [0.5, 0.6) is 0 Å². The van der Waals surface area contributed by atoms with E-state index in [2.05, 4.69) is 15.3 Å². The fraction of sp³-hybridized carbons (Fsp3) is 0.235. The monoisotopic (exact) mass is 366 g/mol. The number of ether oxygens (including phenoxy) is 1. The number of pyridine rings is 1. The number of hydrogen-bond acceptors (Lipinski definition) is 4. The van der Waals surface area contributed by atoms with E-state index in [9.17, 15) is 18.0 Å². The van der Waals surface area contributed by atoms with Gasteiger partial charge >= 0.3 is 0 Å². The molecule has 1 heterocycles. The normalized spacial score (nSPS) is 11.5. The molecule has 3 N–H and O–H groups in total. The number of rotatable bonds is 6. The van der Waals surface area contributed by atoms with E-state index < -0.39 is 18.1 Å². The topological polar surface area (TPSA) is 89.6 Å². The molecule has 0 saturated heterocycles. The van der Waals surface area contributed by atoms with Crippen LogP contribution in [0.1, 0.15) is 28.0 Å². The van der Waals surface area contributed by atoms with Crippen molar-refractivity contribution in [3.05, 3.63) is 59.2 Å². The summed E-state index contributed by atoms with van der Waals surface area (Å²) in [5, 5.41) is 2.54. The van der Waals surface area contributed by atoms with Gasteiger partial charge in [-0.1, -0.05) is 0 Å². The molecule has 1 aromatic carbocycles. The zero-order valence-electron chi connectivity index (χ0n) is 13.9. The number of amidine groups is 1. The number of alkyl halides is 2. The molecular weight excluding hydrogens is 349 g/mol. The van der Waals surface area contributed by atoms with Crippen LogP contribution in [0.2, 0.25) is 0 Å². The Morgan fingerprint density at radius 2 is 2.12 bits per heavy atom. The van der Waals surface area contributed by atoms with Crippen LogP contribution in [0.15, 0.2) is 41.5 Å². The van der Waals surface area contributed by atoms with Crippen LogP contribution in [0.4, 0.5) is 18.9 Å². The average molecular weight is 366 g/mol. The number of nitrogens with zero attached hydrogens (tertiary/aromatic N) is 2. The molecule has 2 aromatic rings. The van der Waals surface area contributed by atoms with Crippen molar-refractivity contribution in [2.45, 2.75) is 12.8 Å². The molecular formula is C17H17F3N4O2. The summed E-state index contributed by atoms with van der Waals surface area (Å²) in [4.78, 5) is 19.4. The first-order valence-electron chi connectivity index (χ1n) is 7.59. The van der Waals surface area contributed by atoms with Gasteiger partial charge in [0.05, 0.1) is 6.61 Å². The summed E-state index contributed by atoms with van der Waals surface area (Å²) in [5.41, 5.74) is 5.73. The molecule has 2 rings (SSSR count). The van der Waals surface area contributed by atoms with Gasteiger partial charge in [0, 0.05) is 30.9 Å². The van der Waals surface area contributed by atoms with Crippen molar-refractivity contribution in [3.63, 3.8) is 0 Å². The minimum absolute atomic E-state index is 0.00631. The lowest BCUT2D eigenvalue weighted by Gasteiger charge is -2.09. The highest BCUT2D eigenvalue weighted by atomic mass is 19.3. The highest BCUT2D eigenvalue weighted by molar-refractivity contribution is 6.02. The van der Waals surface area contributed by atoms with Crippen molar-refractivity contribution in [1.82, 2.24) is 4.98 Å². The third-order valence-corrected chi connectivity index (χ3v) is 3.42. The predicted molar refractivity (Wildman–Crippen MR) is 90.7 cm³/mol. The lowest BCUT2D eigenvalue weighted by Crippen LogP contribution is -2.18. The van der Waals surface area contributed by atoms with E-state index in [4.69, 9.17) is 10.5 Å². The van der Waals surface area contributed by atoms with Gasteiger partial charge < -0.3 is 15.8 Å². The Balaban J connectivity index is 2.04. The Kier molecular flexibility index (Phi) is 6.54. The second-order valence-corrected chi connectivity index (χ2v) is 5.20. The van der Waals surface area contributed by atoms with Gasteiger partial charge in [-0.15, -0.1) is 0 Å². The maximum atomic E-state index is 13.8. The van der Waals surface area contributed by atoms with Gasteiger partial charge in [0.2, 0.25) is 0 Å². The second kappa shape index (κ2) is 8.84. The van der Waals surface area contributed by atoms with Crippen LogP contribution in [0.3, 0.4) is 0 Å². The van der Waals surface area contributed by atoms with Crippen LogP contribution in [-0.4, -0.2) is 30.6 Å². The Bertz CT molecular complexity index is 795. The summed E-state index contributed by atoms with van der Waals surface area (Å²) >= 11 is 0. The molecule has 138 valence electrons. The van der Waals surface area contributed by atoms with Crippen molar-refractivity contribution < 1.29 is 22.7 Å². The zero-order valence-corrected chi connectivity index (χ0v) is 13.9. The maximum Gasteiger partial charge on any atom is 0.281 e. The minimum Gasteiger partial charge on any atom is -0.465 e. The zero-order chi connectivity index (χ0) is 19.1. The third kappa shape index (κ3) is 5.20. The number of nitrogens with one attached hydrogen (secondary N) is 1. The number of amides is 1. The number of carbonyl (C=O) groups is 1. The second-order valence-electron chi connectivity index (χ2n) is 5.20. The summed E-state index contributed by atoms with van der Waals surface area (Å²) in [6.07, 6.45) is -1.51. The van der Waals surface area contributed by atoms with Crippen LogP contribution in [-0.2, 0) is 11.2 Å². The van der Waals surface area contributed by atoms with E-state index in [0.717, 1.165) is 12.3 Å². The summed E-state index contributed by atoms with van der Waals surface area (Å²) in [5.74, 6) is -1.06. The summed E-state index contributed by atoms with van der Waals surface area (Å²) in [6, 6.07) is 6.35. The number of carbonyl (C=O) groups excluding carboxylic acids is 1. The van der Waals surface area contributed by atoms with Crippen molar-refractivity contribution in [3.8, 4) is 0 Å². The van der Waals surface area contributed by atoms with Gasteiger partial charge in [-0.25, -0.2) is 18.2 Å². The van der Waals surface area contributed by atoms with E-state index in [1.54, 1.807) is 0 Å². The van der Waals surface area contributed by atoms with Crippen molar-refractivity contribution in [2.24, 2.45) is 10.7 Å². The number of benzene rings is 1. The number of nitrogens with two attached hydrogens (primary N) is 1. The first-order chi connectivity index (χ1) is 12.4. The smallest absolute Gasteiger partial charge is 0.281 e. The molecule has 0 aliphatic heterocycles. The average Bonchev–Trinajstić information content (AvgIpc) is 2.64. The SMILES string of the molecule is C/N=C(/N)OCCc1cc(NC(=O)c2ccc(C(F)F)cn2)ccc1F.